The number of aromatic nitrogens is 3. The van der Waals surface area contributed by atoms with Crippen LogP contribution in [0.2, 0.25) is 0 Å². The Labute approximate surface area is 215 Å². The van der Waals surface area contributed by atoms with Crippen molar-refractivity contribution in [3.8, 4) is 5.75 Å². The van der Waals surface area contributed by atoms with Crippen molar-refractivity contribution in [3.05, 3.63) is 95.3 Å². The number of H-pyrrole nitrogens is 1. The Morgan fingerprint density at radius 3 is 2.73 bits per heavy atom. The smallest absolute Gasteiger partial charge is 0.335 e. The number of methoxy groups -OCH3 is 1. The maximum Gasteiger partial charge on any atom is 0.335 e. The third-order valence-electron chi connectivity index (χ3n) is 7.73. The van der Waals surface area contributed by atoms with Gasteiger partial charge in [-0.2, -0.15) is 5.10 Å². The molecule has 0 aliphatic carbocycles. The molecule has 0 unspecified atom stereocenters. The number of carbonyl (C=O) groups is 1. The van der Waals surface area contributed by atoms with E-state index in [0.717, 1.165) is 59.2 Å². The van der Waals surface area contributed by atoms with Gasteiger partial charge in [0.15, 0.2) is 0 Å². The number of hydrogen-bond donors (Lipinski definition) is 2. The molecule has 6 rings (SSSR count). The summed E-state index contributed by atoms with van der Waals surface area (Å²) in [6.45, 7) is 3.71. The average Bonchev–Trinajstić information content (AvgIpc) is 3.58. The molecule has 1 fully saturated rings. The van der Waals surface area contributed by atoms with Gasteiger partial charge in [-0.05, 0) is 61.2 Å². The molecule has 5 aromatic rings. The average molecular weight is 495 g/mol. The summed E-state index contributed by atoms with van der Waals surface area (Å²) in [4.78, 5) is 17.3. The molecule has 2 aromatic heterocycles. The van der Waals surface area contributed by atoms with Crippen LogP contribution in [0.5, 0.6) is 5.75 Å². The lowest BCUT2D eigenvalue weighted by atomic mass is 9.90. The van der Waals surface area contributed by atoms with Crippen LogP contribution in [0.15, 0.2) is 73.1 Å². The predicted octanol–water partition coefficient (Wildman–Crippen LogP) is 6.11. The van der Waals surface area contributed by atoms with Gasteiger partial charge in [0.1, 0.15) is 5.75 Å². The predicted molar refractivity (Wildman–Crippen MR) is 144 cm³/mol. The Balaban J connectivity index is 1.37. The number of aromatic carboxylic acids is 1. The van der Waals surface area contributed by atoms with E-state index < -0.39 is 5.97 Å². The van der Waals surface area contributed by atoms with Gasteiger partial charge >= 0.3 is 5.97 Å². The van der Waals surface area contributed by atoms with Crippen molar-refractivity contribution in [3.63, 3.8) is 0 Å². The van der Waals surface area contributed by atoms with E-state index in [4.69, 9.17) is 9.84 Å². The monoisotopic (exact) mass is 494 g/mol. The molecule has 2 atom stereocenters. The van der Waals surface area contributed by atoms with Gasteiger partial charge in [-0.1, -0.05) is 30.3 Å². The minimum absolute atomic E-state index is 0.105. The third kappa shape index (κ3) is 4.25. The van der Waals surface area contributed by atoms with Crippen LogP contribution < -0.4 is 4.74 Å². The maximum absolute atomic E-state index is 11.5. The number of aromatic amines is 1. The number of benzene rings is 3. The second-order valence-electron chi connectivity index (χ2n) is 9.90. The molecule has 37 heavy (non-hydrogen) atoms. The number of likely N-dealkylation sites (tertiary alicyclic amines) is 1. The van der Waals surface area contributed by atoms with Crippen molar-refractivity contribution in [1.29, 1.82) is 0 Å². The van der Waals surface area contributed by atoms with Crippen LogP contribution in [0, 0.1) is 6.92 Å². The lowest BCUT2D eigenvalue weighted by Crippen LogP contribution is -2.37. The van der Waals surface area contributed by atoms with Gasteiger partial charge in [0, 0.05) is 53.4 Å². The molecule has 188 valence electrons. The van der Waals surface area contributed by atoms with Gasteiger partial charge in [0.25, 0.3) is 0 Å². The summed E-state index contributed by atoms with van der Waals surface area (Å²) in [5, 5.41) is 16.6. The first-order valence-electron chi connectivity index (χ1n) is 12.7. The zero-order chi connectivity index (χ0) is 25.5. The number of carboxylic acids is 1. The fourth-order valence-corrected chi connectivity index (χ4v) is 5.77. The van der Waals surface area contributed by atoms with Crippen molar-refractivity contribution >= 4 is 27.8 Å². The first kappa shape index (κ1) is 23.3. The molecule has 7 heteroatoms. The number of rotatable bonds is 6. The first-order valence-corrected chi connectivity index (χ1v) is 12.7. The highest BCUT2D eigenvalue weighted by atomic mass is 16.5. The highest BCUT2D eigenvalue weighted by molar-refractivity contribution is 5.88. The quantitative estimate of drug-likeness (QED) is 0.298. The van der Waals surface area contributed by atoms with Crippen molar-refractivity contribution < 1.29 is 14.6 Å². The Morgan fingerprint density at radius 1 is 1.16 bits per heavy atom. The molecule has 1 aliphatic rings. The minimum atomic E-state index is -0.910. The summed E-state index contributed by atoms with van der Waals surface area (Å²) in [5.41, 5.74) is 5.88. The van der Waals surface area contributed by atoms with E-state index in [1.807, 2.05) is 30.5 Å². The number of hydrogen-bond acceptors (Lipinski definition) is 4. The fraction of sp³-hybridized carbons (Fsp3) is 0.267. The van der Waals surface area contributed by atoms with E-state index in [9.17, 15) is 9.90 Å². The van der Waals surface area contributed by atoms with Crippen LogP contribution in [-0.4, -0.2) is 44.4 Å². The SMILES string of the molecule is COc1cc(C)c2[nH]ccc2c1CN1CC[C@@H](n2cc3ccccc3n2)C[C@@H]1c1ccc(C(=O)O)cc1. The van der Waals surface area contributed by atoms with Gasteiger partial charge in [0.05, 0.1) is 24.2 Å². The summed E-state index contributed by atoms with van der Waals surface area (Å²) in [7, 11) is 1.73. The van der Waals surface area contributed by atoms with Crippen molar-refractivity contribution in [2.24, 2.45) is 0 Å². The van der Waals surface area contributed by atoms with E-state index in [1.165, 1.54) is 10.9 Å². The van der Waals surface area contributed by atoms with Crippen molar-refractivity contribution in [1.82, 2.24) is 19.7 Å². The minimum Gasteiger partial charge on any atom is -0.496 e. The molecular formula is C30H30N4O3. The molecule has 3 aromatic carbocycles. The summed E-state index contributed by atoms with van der Waals surface area (Å²) < 4.78 is 7.95. The summed E-state index contributed by atoms with van der Waals surface area (Å²) in [6, 6.07) is 20.1. The molecule has 0 amide bonds. The zero-order valence-electron chi connectivity index (χ0n) is 21.0. The van der Waals surface area contributed by atoms with Gasteiger partial charge in [0.2, 0.25) is 0 Å². The molecule has 7 nitrogen and oxygen atoms in total. The van der Waals surface area contributed by atoms with Crippen LogP contribution >= 0.6 is 0 Å². The first-order chi connectivity index (χ1) is 18.0. The van der Waals surface area contributed by atoms with E-state index in [1.54, 1.807) is 19.2 Å². The standard InChI is InChI=1S/C30H30N4O3/c1-19-15-28(37-2)25(24-11-13-31-29(19)24)18-33-14-12-23(34-17-22-5-3-4-6-26(22)32-34)16-27(33)20-7-9-21(10-8-20)30(35)36/h3-11,13,15,17,23,27,31H,12,14,16,18H2,1-2H3,(H,35,36)/t23-,27-/m1/s1. The van der Waals surface area contributed by atoms with Crippen LogP contribution in [0.4, 0.5) is 0 Å². The number of fused-ring (bicyclic) bond motifs is 2. The van der Waals surface area contributed by atoms with Crippen molar-refractivity contribution in [2.75, 3.05) is 13.7 Å². The molecule has 3 heterocycles. The van der Waals surface area contributed by atoms with Gasteiger partial charge in [-0.25, -0.2) is 4.79 Å². The number of piperidine rings is 1. The molecular weight excluding hydrogens is 464 g/mol. The zero-order valence-corrected chi connectivity index (χ0v) is 21.0. The Kier molecular flexibility index (Phi) is 5.93. The Morgan fingerprint density at radius 2 is 1.97 bits per heavy atom. The number of aryl methyl sites for hydroxylation is 1. The van der Waals surface area contributed by atoms with E-state index in [-0.39, 0.29) is 12.1 Å². The normalized spacial score (nSPS) is 18.4. The largest absolute Gasteiger partial charge is 0.496 e. The topological polar surface area (TPSA) is 83.4 Å². The molecule has 1 aliphatic heterocycles. The lowest BCUT2D eigenvalue weighted by molar-refractivity contribution is 0.0696. The molecule has 0 spiro atoms. The highest BCUT2D eigenvalue weighted by Gasteiger charge is 2.32. The fourth-order valence-electron chi connectivity index (χ4n) is 5.77. The number of ether oxygens (including phenoxy) is 1. The number of nitrogens with zero attached hydrogens (tertiary/aromatic N) is 3. The summed E-state index contributed by atoms with van der Waals surface area (Å²) in [6.07, 6.45) is 5.98. The molecule has 0 radical (unpaired) electrons. The molecule has 1 saturated heterocycles. The Bertz CT molecular complexity index is 1550. The molecule has 0 saturated carbocycles. The number of nitrogens with one attached hydrogen (secondary N) is 1. The van der Waals surface area contributed by atoms with Crippen LogP contribution in [0.3, 0.4) is 0 Å². The molecule has 0 bridgehead atoms. The lowest BCUT2D eigenvalue weighted by Gasteiger charge is -2.40. The number of carboxylic acid groups (broad SMARTS) is 1. The van der Waals surface area contributed by atoms with Crippen LogP contribution in [0.1, 0.15) is 52.0 Å². The highest BCUT2D eigenvalue weighted by Crippen LogP contribution is 2.40. The van der Waals surface area contributed by atoms with E-state index >= 15 is 0 Å². The third-order valence-corrected chi connectivity index (χ3v) is 7.73. The second kappa shape index (κ2) is 9.41. The van der Waals surface area contributed by atoms with Gasteiger partial charge in [-0.15, -0.1) is 0 Å². The van der Waals surface area contributed by atoms with Gasteiger partial charge in [-0.3, -0.25) is 9.58 Å². The summed E-state index contributed by atoms with van der Waals surface area (Å²) >= 11 is 0. The van der Waals surface area contributed by atoms with Crippen LogP contribution in [0.25, 0.3) is 21.8 Å². The second-order valence-corrected chi connectivity index (χ2v) is 9.90. The Hall–Kier alpha value is -4.10. The molecule has 2 N–H and O–H groups in total. The van der Waals surface area contributed by atoms with E-state index in [2.05, 4.69) is 52.0 Å². The van der Waals surface area contributed by atoms with Crippen molar-refractivity contribution in [2.45, 2.75) is 38.4 Å². The van der Waals surface area contributed by atoms with E-state index in [0.29, 0.717) is 5.56 Å². The summed E-state index contributed by atoms with van der Waals surface area (Å²) in [5.74, 6) is -0.0163. The maximum atomic E-state index is 11.5. The van der Waals surface area contributed by atoms with Crippen LogP contribution in [-0.2, 0) is 6.54 Å². The van der Waals surface area contributed by atoms with Gasteiger partial charge < -0.3 is 14.8 Å².